The van der Waals surface area contributed by atoms with Crippen LogP contribution in [0.4, 0.5) is 5.00 Å². The number of anilines is 1. The maximum absolute atomic E-state index is 10.5. The van der Waals surface area contributed by atoms with Crippen LogP contribution in [-0.2, 0) is 11.3 Å². The van der Waals surface area contributed by atoms with E-state index in [1.807, 2.05) is 11.4 Å². The third kappa shape index (κ3) is 0.952. The molecule has 0 amide bonds. The summed E-state index contributed by atoms with van der Waals surface area (Å²) in [6.45, 7) is 0.705. The van der Waals surface area contributed by atoms with E-state index in [1.54, 1.807) is 6.34 Å². The molecule has 0 radical (unpaired) electrons. The molecule has 1 aromatic heterocycles. The van der Waals surface area contributed by atoms with Crippen LogP contribution in [0.3, 0.4) is 0 Å². The summed E-state index contributed by atoms with van der Waals surface area (Å²) in [6, 6.07) is 1.97. The lowest BCUT2D eigenvalue weighted by molar-refractivity contribution is 0.569. The normalized spacial score (nSPS) is 15.5. The second-order valence-corrected chi connectivity index (χ2v) is 3.86. The molecular weight excluding hydrogens is 160 g/mol. The zero-order valence-electron chi connectivity index (χ0n) is 5.78. The molecule has 2 heterocycles. The van der Waals surface area contributed by atoms with Crippen LogP contribution in [0, 0.1) is 0 Å². The second-order valence-electron chi connectivity index (χ2n) is 2.24. The number of hydrogen-bond acceptors (Lipinski definition) is 3. The van der Waals surface area contributed by atoms with Crippen LogP contribution in [0.5, 0.6) is 0 Å². The Morgan fingerprint density at radius 3 is 3.45 bits per heavy atom. The third-order valence-electron chi connectivity index (χ3n) is 1.60. The number of nitrogens with zero attached hydrogens (tertiary/aromatic N) is 1. The van der Waals surface area contributed by atoms with Crippen LogP contribution < -0.4 is 5.32 Å². The van der Waals surface area contributed by atoms with E-state index in [0.29, 0.717) is 6.54 Å². The molecule has 56 valence electrons. The van der Waals surface area contributed by atoms with Gasteiger partial charge < -0.3 is 5.32 Å². The van der Waals surface area contributed by atoms with Crippen molar-refractivity contribution in [2.24, 2.45) is 4.99 Å². The largest absolute Gasteiger partial charge is 0.345 e. The first kappa shape index (κ1) is 6.54. The molecule has 1 N–H and O–H groups in total. The van der Waals surface area contributed by atoms with Crippen LogP contribution in [0.2, 0.25) is 0 Å². The predicted molar refractivity (Wildman–Crippen MR) is 46.9 cm³/mol. The molecule has 0 fully saturated rings. The number of fused-ring (bicyclic) bond motifs is 1. The van der Waals surface area contributed by atoms with Gasteiger partial charge in [0.15, 0.2) is 0 Å². The van der Waals surface area contributed by atoms with Gasteiger partial charge in [0.2, 0.25) is 0 Å². The average Bonchev–Trinajstić information content (AvgIpc) is 2.47. The molecule has 1 atom stereocenters. The molecule has 4 heteroatoms. The van der Waals surface area contributed by atoms with Gasteiger partial charge in [-0.3, -0.25) is 4.99 Å². The standard InChI is InChI=1S/C7H7N2OS/c10-5-11-2-1-6-3-8-4-9-7(6)11/h1-2,4-5H,3H2,(H,8,9)/q+1. The van der Waals surface area contributed by atoms with Gasteiger partial charge in [0.05, 0.1) is 28.9 Å². The SMILES string of the molecule is O=C[s+]1ccc2c1NC=NC2. The second kappa shape index (κ2) is 2.47. The Kier molecular flexibility index (Phi) is 1.47. The molecule has 3 nitrogen and oxygen atoms in total. The topological polar surface area (TPSA) is 41.5 Å². The van der Waals surface area contributed by atoms with Gasteiger partial charge in [-0.15, -0.1) is 0 Å². The number of aliphatic imine (C=N–C) groups is 1. The minimum absolute atomic E-state index is 0.335. The minimum atomic E-state index is -0.335. The average molecular weight is 167 g/mol. The van der Waals surface area contributed by atoms with Gasteiger partial charge >= 0.3 is 5.62 Å². The minimum Gasteiger partial charge on any atom is -0.302 e. The highest BCUT2D eigenvalue weighted by Gasteiger charge is 2.19. The highest BCUT2D eigenvalue weighted by molar-refractivity contribution is 7.50. The summed E-state index contributed by atoms with van der Waals surface area (Å²) in [7, 11) is -0.335. The van der Waals surface area contributed by atoms with Crippen LogP contribution >= 0.6 is 10.5 Å². The van der Waals surface area contributed by atoms with E-state index in [-0.39, 0.29) is 10.5 Å². The highest BCUT2D eigenvalue weighted by atomic mass is 32.2. The monoisotopic (exact) mass is 167 g/mol. The number of nitrogens with one attached hydrogen (secondary N) is 1. The maximum Gasteiger partial charge on any atom is 0.345 e. The van der Waals surface area contributed by atoms with Crippen molar-refractivity contribution in [3.05, 3.63) is 17.0 Å². The van der Waals surface area contributed by atoms with Gasteiger partial charge in [0, 0.05) is 6.07 Å². The van der Waals surface area contributed by atoms with Gasteiger partial charge in [-0.25, -0.2) is 4.79 Å². The lowest BCUT2D eigenvalue weighted by Crippen LogP contribution is -2.01. The summed E-state index contributed by atoms with van der Waals surface area (Å²) in [6.07, 6.45) is 1.65. The Morgan fingerprint density at radius 2 is 2.64 bits per heavy atom. The molecule has 0 bridgehead atoms. The van der Waals surface area contributed by atoms with Crippen molar-refractivity contribution in [2.45, 2.75) is 6.54 Å². The van der Waals surface area contributed by atoms with E-state index in [1.165, 1.54) is 0 Å². The molecule has 1 aliphatic rings. The zero-order chi connectivity index (χ0) is 7.68. The Morgan fingerprint density at radius 1 is 1.73 bits per heavy atom. The Balaban J connectivity index is 2.50. The number of carbonyl (C=O) groups is 1. The van der Waals surface area contributed by atoms with Crippen molar-refractivity contribution in [3.63, 3.8) is 0 Å². The zero-order valence-corrected chi connectivity index (χ0v) is 6.60. The summed E-state index contributed by atoms with van der Waals surface area (Å²) in [5.41, 5.74) is 2.10. The Hall–Kier alpha value is -1.16. The Bertz CT molecular complexity index is 316. The molecule has 0 aromatic carbocycles. The van der Waals surface area contributed by atoms with Gasteiger partial charge in [-0.05, 0) is 0 Å². The van der Waals surface area contributed by atoms with Gasteiger partial charge in [0.25, 0.3) is 5.00 Å². The van der Waals surface area contributed by atoms with E-state index < -0.39 is 0 Å². The number of thiophene rings is 1. The van der Waals surface area contributed by atoms with Gasteiger partial charge in [0.1, 0.15) is 5.38 Å². The van der Waals surface area contributed by atoms with E-state index in [2.05, 4.69) is 10.3 Å². The van der Waals surface area contributed by atoms with E-state index in [9.17, 15) is 4.79 Å². The van der Waals surface area contributed by atoms with Crippen molar-refractivity contribution in [3.8, 4) is 0 Å². The van der Waals surface area contributed by atoms with E-state index in [0.717, 1.165) is 16.2 Å². The fourth-order valence-electron chi connectivity index (χ4n) is 1.06. The molecule has 0 aliphatic carbocycles. The molecule has 0 saturated heterocycles. The number of carbonyl (C=O) groups excluding carboxylic acids is 1. The quantitative estimate of drug-likeness (QED) is 0.507. The molecule has 0 spiro atoms. The van der Waals surface area contributed by atoms with Crippen molar-refractivity contribution in [1.29, 1.82) is 0 Å². The maximum atomic E-state index is 10.5. The summed E-state index contributed by atoms with van der Waals surface area (Å²) >= 11 is 0. The van der Waals surface area contributed by atoms with Gasteiger partial charge in [-0.2, -0.15) is 0 Å². The summed E-state index contributed by atoms with van der Waals surface area (Å²) in [5.74, 6) is 0. The number of rotatable bonds is 1. The van der Waals surface area contributed by atoms with E-state index in [4.69, 9.17) is 0 Å². The molecular formula is C7H7N2OS+. The third-order valence-corrected chi connectivity index (χ3v) is 3.08. The number of hydrogen-bond donors (Lipinski definition) is 1. The van der Waals surface area contributed by atoms with Crippen LogP contribution in [0.15, 0.2) is 16.4 Å². The highest BCUT2D eigenvalue weighted by Crippen LogP contribution is 2.33. The van der Waals surface area contributed by atoms with E-state index >= 15 is 0 Å². The fraction of sp³-hybridized carbons (Fsp3) is 0.143. The first-order chi connectivity index (χ1) is 5.42. The first-order valence-electron chi connectivity index (χ1n) is 3.25. The van der Waals surface area contributed by atoms with Crippen molar-refractivity contribution in [1.82, 2.24) is 0 Å². The lowest BCUT2D eigenvalue weighted by Gasteiger charge is -2.00. The predicted octanol–water partition coefficient (Wildman–Crippen LogP) is 1.43. The molecule has 1 aliphatic heterocycles. The van der Waals surface area contributed by atoms with Crippen molar-refractivity contribution < 1.29 is 4.79 Å². The molecule has 1 unspecified atom stereocenters. The molecule has 2 rings (SSSR count). The molecule has 1 aromatic rings. The van der Waals surface area contributed by atoms with Crippen LogP contribution in [-0.4, -0.2) is 12.0 Å². The lowest BCUT2D eigenvalue weighted by atomic mass is 10.3. The Labute approximate surface area is 66.7 Å². The summed E-state index contributed by atoms with van der Waals surface area (Å²) < 4.78 is 0. The van der Waals surface area contributed by atoms with Crippen LogP contribution in [0.25, 0.3) is 0 Å². The molecule has 11 heavy (non-hydrogen) atoms. The van der Waals surface area contributed by atoms with Gasteiger partial charge in [-0.1, -0.05) is 0 Å². The summed E-state index contributed by atoms with van der Waals surface area (Å²) in [4.78, 5) is 14.5. The van der Waals surface area contributed by atoms with Crippen molar-refractivity contribution in [2.75, 3.05) is 5.32 Å². The molecule has 0 saturated carbocycles. The smallest absolute Gasteiger partial charge is 0.302 e. The van der Waals surface area contributed by atoms with Crippen LogP contribution in [0.1, 0.15) is 5.56 Å². The first-order valence-corrected chi connectivity index (χ1v) is 4.60. The summed E-state index contributed by atoms with van der Waals surface area (Å²) in [5, 5.41) is 5.93. The fourth-order valence-corrected chi connectivity index (χ4v) is 2.30. The van der Waals surface area contributed by atoms with Crippen molar-refractivity contribution >= 4 is 27.4 Å².